The molecule has 142 valence electrons. The lowest BCUT2D eigenvalue weighted by Gasteiger charge is -2.36. The number of carbonyl (C=O) groups is 3. The average molecular weight is 372 g/mol. The molecule has 2 aliphatic rings. The molecule has 0 aliphatic carbocycles. The van der Waals surface area contributed by atoms with Crippen LogP contribution in [0, 0.1) is 0 Å². The summed E-state index contributed by atoms with van der Waals surface area (Å²) in [4.78, 5) is 37.7. The molecule has 8 heteroatoms. The summed E-state index contributed by atoms with van der Waals surface area (Å²) in [6.45, 7) is 7.69. The Morgan fingerprint density at radius 3 is 2.04 bits per heavy atom. The van der Waals surface area contributed by atoms with Crippen LogP contribution in [0.3, 0.4) is 0 Å². The van der Waals surface area contributed by atoms with Crippen LogP contribution in [0.5, 0.6) is 0 Å². The van der Waals surface area contributed by atoms with Crippen molar-refractivity contribution in [2.45, 2.75) is 83.0 Å². The Kier molecular flexibility index (Phi) is 6.26. The first kappa shape index (κ1) is 19.9. The second-order valence-corrected chi connectivity index (χ2v) is 11.6. The van der Waals surface area contributed by atoms with E-state index in [9.17, 15) is 14.4 Å². The molecule has 2 saturated heterocycles. The Labute approximate surface area is 150 Å². The lowest BCUT2D eigenvalue weighted by atomic mass is 10.0. The number of ketones is 1. The van der Waals surface area contributed by atoms with E-state index >= 15 is 0 Å². The molecule has 7 nitrogen and oxygen atoms in total. The van der Waals surface area contributed by atoms with Crippen LogP contribution < -0.4 is 0 Å². The van der Waals surface area contributed by atoms with Crippen LogP contribution >= 0.6 is 0 Å². The summed E-state index contributed by atoms with van der Waals surface area (Å²) in [5, 5.41) is 0. The van der Waals surface area contributed by atoms with E-state index < -0.39 is 44.7 Å². The summed E-state index contributed by atoms with van der Waals surface area (Å²) in [7, 11) is -0.696. The third kappa shape index (κ3) is 3.74. The maximum atomic E-state index is 12.3. The van der Waals surface area contributed by atoms with Gasteiger partial charge in [0.15, 0.2) is 8.32 Å². The highest BCUT2D eigenvalue weighted by Gasteiger charge is 2.59. The highest BCUT2D eigenvalue weighted by molar-refractivity contribution is 6.73. The van der Waals surface area contributed by atoms with Gasteiger partial charge in [0.1, 0.15) is 18.0 Å². The van der Waals surface area contributed by atoms with E-state index in [2.05, 4.69) is 20.8 Å². The molecule has 2 bridgehead atoms. The predicted molar refractivity (Wildman–Crippen MR) is 93.7 cm³/mol. The van der Waals surface area contributed by atoms with E-state index in [1.165, 1.54) is 14.0 Å². The summed E-state index contributed by atoms with van der Waals surface area (Å²) < 4.78 is 17.1. The Balaban J connectivity index is 2.40. The molecule has 0 saturated carbocycles. The van der Waals surface area contributed by atoms with Gasteiger partial charge in [-0.3, -0.25) is 14.5 Å². The lowest BCUT2D eigenvalue weighted by molar-refractivity contribution is -0.151. The maximum Gasteiger partial charge on any atom is 0.410 e. The molecule has 2 heterocycles. The van der Waals surface area contributed by atoms with Gasteiger partial charge in [0.25, 0.3) is 0 Å². The SMILES string of the molecule is CC[Si](CC)(CC)O[C@H]1[C@@H](OC(C)=O)[C@@H]2CC(=O)C[C@H]1N2C(=O)OC. The Bertz CT molecular complexity index is 527. The zero-order chi connectivity index (χ0) is 18.8. The number of esters is 1. The first-order valence-corrected chi connectivity index (χ1v) is 11.6. The average Bonchev–Trinajstić information content (AvgIpc) is 2.77. The summed E-state index contributed by atoms with van der Waals surface area (Å²) in [6, 6.07) is 1.87. The third-order valence-electron chi connectivity index (χ3n) is 5.68. The fourth-order valence-corrected chi connectivity index (χ4v) is 7.00. The number of hydrogen-bond donors (Lipinski definition) is 0. The summed E-state index contributed by atoms with van der Waals surface area (Å²) >= 11 is 0. The predicted octanol–water partition coefficient (Wildman–Crippen LogP) is 2.49. The quantitative estimate of drug-likeness (QED) is 0.527. The first-order valence-electron chi connectivity index (χ1n) is 9.05. The lowest BCUT2D eigenvalue weighted by Crippen LogP contribution is -2.50. The molecular weight excluding hydrogens is 342 g/mol. The van der Waals surface area contributed by atoms with E-state index in [0.29, 0.717) is 0 Å². The van der Waals surface area contributed by atoms with Crippen LogP contribution in [0.15, 0.2) is 0 Å². The summed E-state index contributed by atoms with van der Waals surface area (Å²) in [6.07, 6.45) is -1.20. The number of ether oxygens (including phenoxy) is 2. The van der Waals surface area contributed by atoms with E-state index in [4.69, 9.17) is 13.9 Å². The Morgan fingerprint density at radius 2 is 1.60 bits per heavy atom. The van der Waals surface area contributed by atoms with Gasteiger partial charge >= 0.3 is 12.1 Å². The normalized spacial score (nSPS) is 28.8. The smallest absolute Gasteiger partial charge is 0.410 e. The van der Waals surface area contributed by atoms with E-state index in [1.54, 1.807) is 4.90 Å². The van der Waals surface area contributed by atoms with Crippen molar-refractivity contribution in [1.29, 1.82) is 0 Å². The van der Waals surface area contributed by atoms with E-state index in [-0.39, 0.29) is 18.6 Å². The molecule has 1 amide bonds. The molecule has 25 heavy (non-hydrogen) atoms. The number of hydrogen-bond acceptors (Lipinski definition) is 6. The van der Waals surface area contributed by atoms with Crippen molar-refractivity contribution in [2.24, 2.45) is 0 Å². The molecule has 0 spiro atoms. The Morgan fingerprint density at radius 1 is 1.08 bits per heavy atom. The highest BCUT2D eigenvalue weighted by Crippen LogP contribution is 2.41. The van der Waals surface area contributed by atoms with Crippen LogP contribution in [0.1, 0.15) is 40.5 Å². The van der Waals surface area contributed by atoms with Gasteiger partial charge in [0.05, 0.1) is 19.2 Å². The van der Waals surface area contributed by atoms with Crippen molar-refractivity contribution >= 4 is 26.2 Å². The summed E-state index contributed by atoms with van der Waals surface area (Å²) in [5.74, 6) is -0.365. The number of rotatable bonds is 6. The molecule has 2 fully saturated rings. The van der Waals surface area contributed by atoms with Crippen molar-refractivity contribution in [3.8, 4) is 0 Å². The number of amides is 1. The van der Waals surface area contributed by atoms with Gasteiger partial charge in [-0.15, -0.1) is 0 Å². The molecule has 2 aliphatic heterocycles. The van der Waals surface area contributed by atoms with Crippen LogP contribution in [-0.4, -0.2) is 62.5 Å². The Hall–Kier alpha value is -1.41. The minimum atomic E-state index is -2.01. The molecule has 0 unspecified atom stereocenters. The van der Waals surface area contributed by atoms with Gasteiger partial charge < -0.3 is 13.9 Å². The third-order valence-corrected chi connectivity index (χ3v) is 10.3. The van der Waals surface area contributed by atoms with Gasteiger partial charge in [-0.1, -0.05) is 20.8 Å². The first-order chi connectivity index (χ1) is 11.8. The van der Waals surface area contributed by atoms with Crippen molar-refractivity contribution in [3.63, 3.8) is 0 Å². The van der Waals surface area contributed by atoms with Gasteiger partial charge in [0.2, 0.25) is 0 Å². The molecule has 4 atom stereocenters. The highest BCUT2D eigenvalue weighted by atomic mass is 28.4. The van der Waals surface area contributed by atoms with Gasteiger partial charge in [-0.05, 0) is 18.1 Å². The largest absolute Gasteiger partial charge is 0.458 e. The minimum absolute atomic E-state index is 0.0650. The topological polar surface area (TPSA) is 82.1 Å². The molecule has 0 aromatic carbocycles. The van der Waals surface area contributed by atoms with Crippen LogP contribution in [-0.2, 0) is 23.5 Å². The van der Waals surface area contributed by atoms with Gasteiger partial charge in [-0.2, -0.15) is 0 Å². The van der Waals surface area contributed by atoms with Crippen molar-refractivity contribution in [2.75, 3.05) is 7.11 Å². The summed E-state index contributed by atoms with van der Waals surface area (Å²) in [5.41, 5.74) is 0. The zero-order valence-corrected chi connectivity index (χ0v) is 16.7. The molecule has 2 rings (SSSR count). The standard InChI is InChI=1S/C17H29NO6Si/c1-6-25(7-2,8-3)24-16-14-10-12(20)9-13(15(16)23-11(4)19)18(14)17(21)22-5/h13-16H,6-10H2,1-5H3/t13-,14+,15-,16+/m0/s1. The van der Waals surface area contributed by atoms with E-state index in [0.717, 1.165) is 18.1 Å². The van der Waals surface area contributed by atoms with Crippen molar-refractivity contribution in [3.05, 3.63) is 0 Å². The number of fused-ring (bicyclic) bond motifs is 2. The molecular formula is C17H29NO6Si. The molecule has 0 aromatic heterocycles. The number of Topliss-reactive ketones (excluding diaryl/α,β-unsaturated/α-hetero) is 1. The number of carbonyl (C=O) groups excluding carboxylic acids is 3. The fourth-order valence-electron chi connectivity index (χ4n) is 4.13. The fraction of sp³-hybridized carbons (Fsp3) is 0.824. The van der Waals surface area contributed by atoms with Crippen LogP contribution in [0.4, 0.5) is 4.79 Å². The molecule has 0 radical (unpaired) electrons. The van der Waals surface area contributed by atoms with Crippen LogP contribution in [0.2, 0.25) is 18.1 Å². The molecule has 0 aromatic rings. The number of piperidine rings is 1. The minimum Gasteiger partial charge on any atom is -0.458 e. The van der Waals surface area contributed by atoms with Crippen LogP contribution in [0.25, 0.3) is 0 Å². The number of nitrogens with zero attached hydrogens (tertiary/aromatic N) is 1. The maximum absolute atomic E-state index is 12.3. The van der Waals surface area contributed by atoms with E-state index in [1.807, 2.05) is 0 Å². The monoisotopic (exact) mass is 371 g/mol. The zero-order valence-electron chi connectivity index (χ0n) is 15.7. The second-order valence-electron chi connectivity index (χ2n) is 6.86. The van der Waals surface area contributed by atoms with Crippen molar-refractivity contribution in [1.82, 2.24) is 4.90 Å². The second kappa shape index (κ2) is 7.86. The van der Waals surface area contributed by atoms with Gasteiger partial charge in [-0.25, -0.2) is 4.79 Å². The number of methoxy groups -OCH3 is 1. The molecule has 0 N–H and O–H groups in total. The van der Waals surface area contributed by atoms with Crippen molar-refractivity contribution < 1.29 is 28.3 Å². The van der Waals surface area contributed by atoms with Gasteiger partial charge in [0, 0.05) is 19.8 Å².